The van der Waals surface area contributed by atoms with E-state index in [1.54, 1.807) is 6.20 Å². The standard InChI is InChI=1S/C8H8BrF2N5/c9-3-6-4-15(14-13-6)5-7-12-1-2-16(7)8(10)11/h1-2,4,8H,3,5H2. The molecular formula is C8H8BrF2N5. The van der Waals surface area contributed by atoms with E-state index in [9.17, 15) is 8.78 Å². The first kappa shape index (κ1) is 11.2. The molecule has 2 aromatic rings. The Morgan fingerprint density at radius 2 is 2.25 bits per heavy atom. The first-order valence-corrected chi connectivity index (χ1v) is 5.57. The fourth-order valence-electron chi connectivity index (χ4n) is 1.27. The zero-order valence-electron chi connectivity index (χ0n) is 8.09. The van der Waals surface area contributed by atoms with E-state index >= 15 is 0 Å². The van der Waals surface area contributed by atoms with Crippen LogP contribution in [-0.4, -0.2) is 24.5 Å². The average molecular weight is 292 g/mol. The Morgan fingerprint density at radius 3 is 2.88 bits per heavy atom. The van der Waals surface area contributed by atoms with Gasteiger partial charge in [-0.3, -0.25) is 4.57 Å². The molecule has 0 aliphatic heterocycles. The molecule has 5 nitrogen and oxygen atoms in total. The van der Waals surface area contributed by atoms with Crippen LogP contribution in [0, 0.1) is 0 Å². The second kappa shape index (κ2) is 4.69. The highest BCUT2D eigenvalue weighted by Crippen LogP contribution is 2.13. The molecule has 0 amide bonds. The first-order valence-electron chi connectivity index (χ1n) is 4.45. The maximum Gasteiger partial charge on any atom is 0.319 e. The summed E-state index contributed by atoms with van der Waals surface area (Å²) < 4.78 is 27.3. The van der Waals surface area contributed by atoms with E-state index in [-0.39, 0.29) is 12.4 Å². The third-order valence-corrected chi connectivity index (χ3v) is 2.56. The SMILES string of the molecule is FC(F)n1ccnc1Cn1cc(CBr)nn1. The van der Waals surface area contributed by atoms with Gasteiger partial charge in [-0.15, -0.1) is 5.10 Å². The van der Waals surface area contributed by atoms with Crippen LogP contribution in [-0.2, 0) is 11.9 Å². The summed E-state index contributed by atoms with van der Waals surface area (Å²) in [5.74, 6) is 0.251. The van der Waals surface area contributed by atoms with E-state index in [2.05, 4.69) is 31.2 Å². The number of aromatic nitrogens is 5. The van der Waals surface area contributed by atoms with Gasteiger partial charge in [-0.05, 0) is 0 Å². The van der Waals surface area contributed by atoms with Crippen molar-refractivity contribution in [2.75, 3.05) is 0 Å². The highest BCUT2D eigenvalue weighted by atomic mass is 79.9. The predicted molar refractivity (Wildman–Crippen MR) is 55.2 cm³/mol. The molecule has 0 N–H and O–H groups in total. The quantitative estimate of drug-likeness (QED) is 0.808. The van der Waals surface area contributed by atoms with Crippen LogP contribution in [0.15, 0.2) is 18.6 Å². The molecule has 0 aromatic carbocycles. The lowest BCUT2D eigenvalue weighted by molar-refractivity contribution is 0.0665. The summed E-state index contributed by atoms with van der Waals surface area (Å²) in [6, 6.07) is 0. The van der Waals surface area contributed by atoms with Gasteiger partial charge in [-0.1, -0.05) is 21.1 Å². The van der Waals surface area contributed by atoms with Crippen LogP contribution in [0.4, 0.5) is 8.78 Å². The fraction of sp³-hybridized carbons (Fsp3) is 0.375. The van der Waals surface area contributed by atoms with Crippen molar-refractivity contribution >= 4 is 15.9 Å². The van der Waals surface area contributed by atoms with Gasteiger partial charge in [0.1, 0.15) is 12.4 Å². The van der Waals surface area contributed by atoms with Crippen molar-refractivity contribution in [3.8, 4) is 0 Å². The Morgan fingerprint density at radius 1 is 1.44 bits per heavy atom. The molecule has 0 saturated carbocycles. The highest BCUT2D eigenvalue weighted by molar-refractivity contribution is 9.08. The molecule has 0 unspecified atom stereocenters. The van der Waals surface area contributed by atoms with Crippen LogP contribution in [0.2, 0.25) is 0 Å². The second-order valence-corrected chi connectivity index (χ2v) is 3.63. The molecule has 8 heteroatoms. The van der Waals surface area contributed by atoms with E-state index in [1.165, 1.54) is 17.1 Å². The van der Waals surface area contributed by atoms with Gasteiger partial charge in [-0.25, -0.2) is 9.67 Å². The van der Waals surface area contributed by atoms with Crippen molar-refractivity contribution in [3.63, 3.8) is 0 Å². The molecule has 2 aromatic heterocycles. The fourth-order valence-corrected chi connectivity index (χ4v) is 1.52. The molecule has 86 valence electrons. The zero-order valence-corrected chi connectivity index (χ0v) is 9.68. The van der Waals surface area contributed by atoms with Crippen LogP contribution in [0.1, 0.15) is 18.1 Å². The number of hydrogen-bond acceptors (Lipinski definition) is 3. The topological polar surface area (TPSA) is 48.5 Å². The van der Waals surface area contributed by atoms with E-state index < -0.39 is 6.55 Å². The summed E-state index contributed by atoms with van der Waals surface area (Å²) in [4.78, 5) is 3.85. The molecular weight excluding hydrogens is 284 g/mol. The lowest BCUT2D eigenvalue weighted by atomic mass is 10.5. The summed E-state index contributed by atoms with van der Waals surface area (Å²) in [6.07, 6.45) is 4.26. The van der Waals surface area contributed by atoms with Crippen molar-refractivity contribution in [1.29, 1.82) is 0 Å². The Hall–Kier alpha value is -1.31. The van der Waals surface area contributed by atoms with E-state index in [4.69, 9.17) is 0 Å². The number of rotatable bonds is 4. The highest BCUT2D eigenvalue weighted by Gasteiger charge is 2.12. The maximum atomic E-state index is 12.5. The number of imidazole rings is 1. The van der Waals surface area contributed by atoms with Crippen LogP contribution in [0.25, 0.3) is 0 Å². The number of hydrogen-bond donors (Lipinski definition) is 0. The molecule has 0 atom stereocenters. The third-order valence-electron chi connectivity index (χ3n) is 1.99. The molecule has 0 bridgehead atoms. The van der Waals surface area contributed by atoms with Gasteiger partial charge in [0, 0.05) is 23.9 Å². The molecule has 16 heavy (non-hydrogen) atoms. The zero-order chi connectivity index (χ0) is 11.5. The van der Waals surface area contributed by atoms with Crippen molar-refractivity contribution in [2.24, 2.45) is 0 Å². The third kappa shape index (κ3) is 2.26. The molecule has 0 aliphatic rings. The molecule has 0 radical (unpaired) electrons. The van der Waals surface area contributed by atoms with Gasteiger partial charge >= 0.3 is 6.55 Å². The first-order chi connectivity index (χ1) is 7.70. The van der Waals surface area contributed by atoms with Crippen LogP contribution >= 0.6 is 15.9 Å². The van der Waals surface area contributed by atoms with Gasteiger partial charge in [0.05, 0.1) is 5.69 Å². The molecule has 0 saturated heterocycles. The lowest BCUT2D eigenvalue weighted by Gasteiger charge is -2.05. The molecule has 0 spiro atoms. The smallest absolute Gasteiger partial charge is 0.276 e. The van der Waals surface area contributed by atoms with Crippen molar-refractivity contribution in [2.45, 2.75) is 18.4 Å². The average Bonchev–Trinajstić information content (AvgIpc) is 2.87. The Bertz CT molecular complexity index is 466. The minimum Gasteiger partial charge on any atom is -0.276 e. The lowest BCUT2D eigenvalue weighted by Crippen LogP contribution is -2.09. The van der Waals surface area contributed by atoms with Gasteiger partial charge in [-0.2, -0.15) is 8.78 Å². The van der Waals surface area contributed by atoms with Gasteiger partial charge in [0.2, 0.25) is 0 Å². The number of halogens is 3. The van der Waals surface area contributed by atoms with Crippen molar-refractivity contribution < 1.29 is 8.78 Å². The summed E-state index contributed by atoms with van der Waals surface area (Å²) >= 11 is 3.23. The van der Waals surface area contributed by atoms with Crippen LogP contribution in [0.3, 0.4) is 0 Å². The normalized spacial score (nSPS) is 11.2. The number of alkyl halides is 3. The van der Waals surface area contributed by atoms with Crippen molar-refractivity contribution in [3.05, 3.63) is 30.1 Å². The minimum atomic E-state index is -2.59. The van der Waals surface area contributed by atoms with E-state index in [1.807, 2.05) is 0 Å². The largest absolute Gasteiger partial charge is 0.319 e. The van der Waals surface area contributed by atoms with Crippen molar-refractivity contribution in [1.82, 2.24) is 24.5 Å². The summed E-state index contributed by atoms with van der Waals surface area (Å²) in [6.45, 7) is -2.41. The van der Waals surface area contributed by atoms with Gasteiger partial charge in [0.25, 0.3) is 0 Å². The molecule has 0 aliphatic carbocycles. The molecule has 0 fully saturated rings. The van der Waals surface area contributed by atoms with Gasteiger partial charge in [0.15, 0.2) is 0 Å². The monoisotopic (exact) mass is 291 g/mol. The summed E-state index contributed by atoms with van der Waals surface area (Å²) in [7, 11) is 0. The summed E-state index contributed by atoms with van der Waals surface area (Å²) in [5, 5.41) is 8.21. The van der Waals surface area contributed by atoms with Gasteiger partial charge < -0.3 is 0 Å². The van der Waals surface area contributed by atoms with E-state index in [0.717, 1.165) is 10.3 Å². The second-order valence-electron chi connectivity index (χ2n) is 3.07. The van der Waals surface area contributed by atoms with E-state index in [0.29, 0.717) is 5.33 Å². The molecule has 2 heterocycles. The number of nitrogens with zero attached hydrogens (tertiary/aromatic N) is 5. The Kier molecular flexibility index (Phi) is 3.28. The van der Waals surface area contributed by atoms with Crippen LogP contribution in [0.5, 0.6) is 0 Å². The van der Waals surface area contributed by atoms with Crippen LogP contribution < -0.4 is 0 Å². The molecule has 2 rings (SSSR count). The minimum absolute atomic E-state index is 0.178. The summed E-state index contributed by atoms with van der Waals surface area (Å²) in [5.41, 5.74) is 0.746. The predicted octanol–water partition coefficient (Wildman–Crippen LogP) is 1.81. The Balaban J connectivity index is 2.17. The maximum absolute atomic E-state index is 12.5. The Labute approximate surface area is 98.2 Å².